The third-order valence-electron chi connectivity index (χ3n) is 4.29. The third-order valence-corrected chi connectivity index (χ3v) is 4.29. The number of rotatable bonds is 3. The van der Waals surface area contributed by atoms with Crippen LogP contribution in [0.25, 0.3) is 0 Å². The van der Waals surface area contributed by atoms with E-state index in [1.165, 1.54) is 49.9 Å². The van der Waals surface area contributed by atoms with Gasteiger partial charge < -0.3 is 10.6 Å². The minimum absolute atomic E-state index is 0.759. The number of benzene rings is 1. The molecule has 0 amide bonds. The molecular formula is C15H22N2. The van der Waals surface area contributed by atoms with E-state index < -0.39 is 0 Å². The maximum absolute atomic E-state index is 5.74. The highest BCUT2D eigenvalue weighted by Crippen LogP contribution is 2.37. The van der Waals surface area contributed by atoms with Crippen molar-refractivity contribution in [2.45, 2.75) is 44.6 Å². The summed E-state index contributed by atoms with van der Waals surface area (Å²) in [7, 11) is 0. The molecule has 0 radical (unpaired) electrons. The molecule has 92 valence electrons. The zero-order chi connectivity index (χ0) is 11.7. The highest BCUT2D eigenvalue weighted by atomic mass is 15.2. The van der Waals surface area contributed by atoms with Crippen LogP contribution in [0.1, 0.15) is 36.8 Å². The second kappa shape index (κ2) is 4.69. The quantitative estimate of drug-likeness (QED) is 0.864. The molecule has 1 aromatic carbocycles. The summed E-state index contributed by atoms with van der Waals surface area (Å²) in [5.41, 5.74) is 10.3. The van der Waals surface area contributed by atoms with Crippen molar-refractivity contribution in [1.29, 1.82) is 0 Å². The molecule has 1 aromatic rings. The molecule has 17 heavy (non-hydrogen) atoms. The summed E-state index contributed by atoms with van der Waals surface area (Å²) in [6.45, 7) is 1.98. The Morgan fingerprint density at radius 3 is 2.82 bits per heavy atom. The van der Waals surface area contributed by atoms with Gasteiger partial charge in [-0.25, -0.2) is 0 Å². The molecule has 1 saturated carbocycles. The zero-order valence-corrected chi connectivity index (χ0v) is 10.5. The fraction of sp³-hybridized carbons (Fsp3) is 0.600. The van der Waals surface area contributed by atoms with Crippen molar-refractivity contribution in [3.05, 3.63) is 29.3 Å². The minimum Gasteiger partial charge on any atom is -0.368 e. The van der Waals surface area contributed by atoms with Crippen LogP contribution >= 0.6 is 0 Å². The maximum Gasteiger partial charge on any atom is 0.0435 e. The van der Waals surface area contributed by atoms with Gasteiger partial charge in [0.2, 0.25) is 0 Å². The van der Waals surface area contributed by atoms with Crippen LogP contribution < -0.4 is 10.6 Å². The Kier molecular flexibility index (Phi) is 3.06. The highest BCUT2D eigenvalue weighted by molar-refractivity contribution is 5.64. The van der Waals surface area contributed by atoms with E-state index in [1.807, 2.05) is 0 Å². The summed E-state index contributed by atoms with van der Waals surface area (Å²) in [6.07, 6.45) is 7.84. The summed E-state index contributed by atoms with van der Waals surface area (Å²) in [5, 5.41) is 0. The lowest BCUT2D eigenvalue weighted by molar-refractivity contribution is 0.623. The largest absolute Gasteiger partial charge is 0.368 e. The van der Waals surface area contributed by atoms with Gasteiger partial charge in [0.25, 0.3) is 0 Å². The van der Waals surface area contributed by atoms with E-state index in [0.717, 1.165) is 19.0 Å². The number of anilines is 1. The van der Waals surface area contributed by atoms with Crippen LogP contribution in [-0.4, -0.2) is 19.1 Å². The Labute approximate surface area is 104 Å². The van der Waals surface area contributed by atoms with E-state index in [1.54, 1.807) is 5.56 Å². The molecule has 0 aromatic heterocycles. The lowest BCUT2D eigenvalue weighted by Gasteiger charge is -2.28. The molecule has 2 heteroatoms. The number of hydrogen-bond donors (Lipinski definition) is 1. The molecule has 0 saturated heterocycles. The van der Waals surface area contributed by atoms with Gasteiger partial charge in [0.15, 0.2) is 0 Å². The molecule has 2 aliphatic rings. The van der Waals surface area contributed by atoms with Crippen LogP contribution in [0.15, 0.2) is 18.2 Å². The van der Waals surface area contributed by atoms with Gasteiger partial charge in [-0.15, -0.1) is 0 Å². The molecule has 1 fully saturated rings. The smallest absolute Gasteiger partial charge is 0.0435 e. The predicted molar refractivity (Wildman–Crippen MR) is 72.5 cm³/mol. The average molecular weight is 230 g/mol. The van der Waals surface area contributed by atoms with E-state index in [-0.39, 0.29) is 0 Å². The molecule has 0 atom stereocenters. The second-order valence-corrected chi connectivity index (χ2v) is 5.35. The molecule has 1 aliphatic carbocycles. The third kappa shape index (κ3) is 1.95. The van der Waals surface area contributed by atoms with E-state index in [4.69, 9.17) is 5.73 Å². The number of fused-ring (bicyclic) bond motifs is 1. The minimum atomic E-state index is 0.759. The maximum atomic E-state index is 5.74. The average Bonchev–Trinajstić information content (AvgIpc) is 2.98. The van der Waals surface area contributed by atoms with Crippen LogP contribution in [0.3, 0.4) is 0 Å². The fourth-order valence-electron chi connectivity index (χ4n) is 3.51. The SMILES string of the molecule is NCCc1cccc2c1N(C1CCCC1)CC2. The Hall–Kier alpha value is -1.02. The van der Waals surface area contributed by atoms with E-state index in [9.17, 15) is 0 Å². The molecular weight excluding hydrogens is 208 g/mol. The summed E-state index contributed by atoms with van der Waals surface area (Å²) < 4.78 is 0. The normalized spacial score (nSPS) is 19.9. The Morgan fingerprint density at radius 1 is 1.24 bits per heavy atom. The van der Waals surface area contributed by atoms with E-state index in [2.05, 4.69) is 23.1 Å². The Morgan fingerprint density at radius 2 is 2.06 bits per heavy atom. The van der Waals surface area contributed by atoms with Crippen LogP contribution in [-0.2, 0) is 12.8 Å². The number of nitrogens with two attached hydrogens (primary N) is 1. The summed E-state index contributed by atoms with van der Waals surface area (Å²) in [4.78, 5) is 2.67. The summed E-state index contributed by atoms with van der Waals surface area (Å²) in [5.74, 6) is 0. The van der Waals surface area contributed by atoms with Gasteiger partial charge >= 0.3 is 0 Å². The first-order valence-electron chi connectivity index (χ1n) is 6.97. The van der Waals surface area contributed by atoms with Crippen molar-refractivity contribution in [3.63, 3.8) is 0 Å². The van der Waals surface area contributed by atoms with Gasteiger partial charge in [-0.3, -0.25) is 0 Å². The molecule has 3 rings (SSSR count). The van der Waals surface area contributed by atoms with Crippen molar-refractivity contribution in [3.8, 4) is 0 Å². The van der Waals surface area contributed by atoms with Crippen LogP contribution in [0.2, 0.25) is 0 Å². The van der Waals surface area contributed by atoms with Gasteiger partial charge in [0.1, 0.15) is 0 Å². The monoisotopic (exact) mass is 230 g/mol. The molecule has 1 aliphatic heterocycles. The van der Waals surface area contributed by atoms with Gasteiger partial charge in [0, 0.05) is 18.3 Å². The Balaban J connectivity index is 1.93. The van der Waals surface area contributed by atoms with Gasteiger partial charge in [-0.05, 0) is 43.4 Å². The number of hydrogen-bond acceptors (Lipinski definition) is 2. The van der Waals surface area contributed by atoms with Crippen molar-refractivity contribution in [2.24, 2.45) is 5.73 Å². The zero-order valence-electron chi connectivity index (χ0n) is 10.5. The van der Waals surface area contributed by atoms with E-state index >= 15 is 0 Å². The van der Waals surface area contributed by atoms with Crippen LogP contribution in [0.4, 0.5) is 5.69 Å². The summed E-state index contributed by atoms with van der Waals surface area (Å²) >= 11 is 0. The van der Waals surface area contributed by atoms with Gasteiger partial charge in [0.05, 0.1) is 0 Å². The highest BCUT2D eigenvalue weighted by Gasteiger charge is 2.29. The van der Waals surface area contributed by atoms with Crippen LogP contribution in [0.5, 0.6) is 0 Å². The van der Waals surface area contributed by atoms with Crippen molar-refractivity contribution in [1.82, 2.24) is 0 Å². The lowest BCUT2D eigenvalue weighted by atomic mass is 10.0. The second-order valence-electron chi connectivity index (χ2n) is 5.35. The lowest BCUT2D eigenvalue weighted by Crippen LogP contribution is -2.32. The Bertz CT molecular complexity index is 394. The summed E-state index contributed by atoms with van der Waals surface area (Å²) in [6, 6.07) is 7.56. The van der Waals surface area contributed by atoms with Crippen molar-refractivity contribution in [2.75, 3.05) is 18.0 Å². The van der Waals surface area contributed by atoms with Crippen LogP contribution in [0, 0.1) is 0 Å². The molecule has 0 unspecified atom stereocenters. The molecule has 2 nitrogen and oxygen atoms in total. The van der Waals surface area contributed by atoms with Gasteiger partial charge in [-0.2, -0.15) is 0 Å². The first-order valence-corrected chi connectivity index (χ1v) is 6.97. The fourth-order valence-corrected chi connectivity index (χ4v) is 3.51. The molecule has 0 bridgehead atoms. The molecule has 1 heterocycles. The van der Waals surface area contributed by atoms with Gasteiger partial charge in [-0.1, -0.05) is 31.0 Å². The predicted octanol–water partition coefficient (Wildman–Crippen LogP) is 2.49. The number of para-hydroxylation sites is 1. The van der Waals surface area contributed by atoms with Crippen molar-refractivity contribution >= 4 is 5.69 Å². The first kappa shape index (κ1) is 11.1. The number of nitrogens with zero attached hydrogens (tertiary/aromatic N) is 1. The van der Waals surface area contributed by atoms with E-state index in [0.29, 0.717) is 0 Å². The topological polar surface area (TPSA) is 29.3 Å². The van der Waals surface area contributed by atoms with Crippen molar-refractivity contribution < 1.29 is 0 Å². The molecule has 2 N–H and O–H groups in total. The first-order chi connectivity index (χ1) is 8.40. The standard InChI is InChI=1S/C15H22N2/c16-10-8-12-4-3-5-13-9-11-17(15(12)13)14-6-1-2-7-14/h3-5,14H,1-2,6-11,16H2. The molecule has 0 spiro atoms.